The number of hydrogen-bond acceptors (Lipinski definition) is 1. The van der Waals surface area contributed by atoms with E-state index in [1.807, 2.05) is 0 Å². The van der Waals surface area contributed by atoms with Crippen LogP contribution in [-0.2, 0) is 4.79 Å². The minimum atomic E-state index is 0.479. The average Bonchev–Trinajstić information content (AvgIpc) is 2.38. The van der Waals surface area contributed by atoms with Crippen LogP contribution in [0.4, 0.5) is 0 Å². The summed E-state index contributed by atoms with van der Waals surface area (Å²) >= 11 is 5.82. The summed E-state index contributed by atoms with van der Waals surface area (Å²) in [6.07, 6.45) is 7.06. The number of carbonyl (C=O) groups excluding carboxylic acids is 1. The zero-order chi connectivity index (χ0) is 7.40. The predicted octanol–water partition coefficient (Wildman–Crippen LogP) is 2.50. The van der Waals surface area contributed by atoms with E-state index in [1.54, 1.807) is 0 Å². The van der Waals surface area contributed by atoms with Crippen molar-refractivity contribution < 1.29 is 4.79 Å². The predicted molar refractivity (Wildman–Crippen MR) is 42.0 cm³/mol. The van der Waals surface area contributed by atoms with E-state index in [0.717, 1.165) is 24.2 Å². The van der Waals surface area contributed by atoms with Gasteiger partial charge in [0.1, 0.15) is 6.29 Å². The first-order valence-electron chi connectivity index (χ1n) is 3.65. The lowest BCUT2D eigenvalue weighted by Gasteiger charge is -2.04. The lowest BCUT2D eigenvalue weighted by Crippen LogP contribution is -1.91. The average molecular weight is 159 g/mol. The van der Waals surface area contributed by atoms with E-state index in [-0.39, 0.29) is 0 Å². The van der Waals surface area contributed by atoms with Gasteiger partial charge < -0.3 is 0 Å². The third-order valence-electron chi connectivity index (χ3n) is 1.97. The van der Waals surface area contributed by atoms with Crippen LogP contribution in [0.3, 0.4) is 0 Å². The molecule has 0 unspecified atom stereocenters. The van der Waals surface area contributed by atoms with Crippen LogP contribution in [0.2, 0.25) is 0 Å². The summed E-state index contributed by atoms with van der Waals surface area (Å²) in [5.41, 5.74) is 0. The van der Waals surface area contributed by atoms with Gasteiger partial charge in [-0.25, -0.2) is 0 Å². The Kier molecular flexibility index (Phi) is 2.94. The third-order valence-corrected chi connectivity index (χ3v) is 2.41. The summed E-state index contributed by atoms with van der Waals surface area (Å²) in [7, 11) is 0. The number of aldehydes is 1. The van der Waals surface area contributed by atoms with Crippen molar-refractivity contribution in [2.45, 2.75) is 25.7 Å². The molecule has 0 heterocycles. The summed E-state index contributed by atoms with van der Waals surface area (Å²) < 4.78 is 0. The van der Waals surface area contributed by atoms with Crippen LogP contribution in [0.15, 0.2) is 11.1 Å². The van der Waals surface area contributed by atoms with Gasteiger partial charge >= 0.3 is 0 Å². The second kappa shape index (κ2) is 3.77. The van der Waals surface area contributed by atoms with Gasteiger partial charge in [0.15, 0.2) is 0 Å². The Labute approximate surface area is 66.1 Å². The first kappa shape index (κ1) is 7.80. The lowest BCUT2D eigenvalue weighted by molar-refractivity contribution is -0.104. The fourth-order valence-corrected chi connectivity index (χ4v) is 1.67. The lowest BCUT2D eigenvalue weighted by atomic mass is 10.1. The summed E-state index contributed by atoms with van der Waals surface area (Å²) in [5.74, 6) is 0.479. The maximum Gasteiger partial charge on any atom is 0.144 e. The highest BCUT2D eigenvalue weighted by Gasteiger charge is 2.17. The SMILES string of the molecule is O=C/C=C(\Cl)C1CCCC1. The minimum absolute atomic E-state index is 0.479. The normalized spacial score (nSPS) is 21.5. The second-order valence-electron chi connectivity index (χ2n) is 2.67. The van der Waals surface area contributed by atoms with Crippen molar-refractivity contribution in [3.8, 4) is 0 Å². The van der Waals surface area contributed by atoms with Crippen molar-refractivity contribution in [3.63, 3.8) is 0 Å². The standard InChI is InChI=1S/C8H11ClO/c9-8(5-6-10)7-3-1-2-4-7/h5-7H,1-4H2/b8-5-. The summed E-state index contributed by atoms with van der Waals surface area (Å²) in [5, 5.41) is 0.743. The van der Waals surface area contributed by atoms with Gasteiger partial charge in [0.25, 0.3) is 0 Å². The number of allylic oxidation sites excluding steroid dienone is 2. The second-order valence-corrected chi connectivity index (χ2v) is 3.11. The third kappa shape index (κ3) is 1.84. The Morgan fingerprint density at radius 1 is 1.40 bits per heavy atom. The quantitative estimate of drug-likeness (QED) is 0.446. The van der Waals surface area contributed by atoms with E-state index in [2.05, 4.69) is 0 Å². The van der Waals surface area contributed by atoms with Crippen LogP contribution >= 0.6 is 11.6 Å². The van der Waals surface area contributed by atoms with Crippen LogP contribution in [0.5, 0.6) is 0 Å². The molecule has 0 spiro atoms. The number of halogens is 1. The number of hydrogen-bond donors (Lipinski definition) is 0. The summed E-state index contributed by atoms with van der Waals surface area (Å²) in [6.45, 7) is 0. The molecule has 0 bridgehead atoms. The van der Waals surface area contributed by atoms with Crippen molar-refractivity contribution in [2.24, 2.45) is 5.92 Å². The molecule has 56 valence electrons. The number of rotatable bonds is 2. The molecule has 1 rings (SSSR count). The Morgan fingerprint density at radius 2 is 2.00 bits per heavy atom. The summed E-state index contributed by atoms with van der Waals surface area (Å²) in [4.78, 5) is 10.0. The Morgan fingerprint density at radius 3 is 2.50 bits per heavy atom. The van der Waals surface area contributed by atoms with Gasteiger partial charge in [-0.2, -0.15) is 0 Å². The van der Waals surface area contributed by atoms with E-state index in [0.29, 0.717) is 5.92 Å². The molecule has 0 amide bonds. The highest BCUT2D eigenvalue weighted by Crippen LogP contribution is 2.32. The molecule has 0 radical (unpaired) electrons. The topological polar surface area (TPSA) is 17.1 Å². The van der Waals surface area contributed by atoms with E-state index < -0.39 is 0 Å². The molecule has 0 aliphatic heterocycles. The molecular weight excluding hydrogens is 148 g/mol. The highest BCUT2D eigenvalue weighted by molar-refractivity contribution is 6.30. The first-order chi connectivity index (χ1) is 4.84. The molecule has 1 aliphatic carbocycles. The molecule has 1 nitrogen and oxygen atoms in total. The van der Waals surface area contributed by atoms with Gasteiger partial charge in [-0.3, -0.25) is 4.79 Å². The Balaban J connectivity index is 2.46. The largest absolute Gasteiger partial charge is 0.299 e. The van der Waals surface area contributed by atoms with E-state index in [9.17, 15) is 4.79 Å². The van der Waals surface area contributed by atoms with Crippen molar-refractivity contribution in [3.05, 3.63) is 11.1 Å². The smallest absolute Gasteiger partial charge is 0.144 e. The van der Waals surface area contributed by atoms with Crippen molar-refractivity contribution in [2.75, 3.05) is 0 Å². The summed E-state index contributed by atoms with van der Waals surface area (Å²) in [6, 6.07) is 0. The van der Waals surface area contributed by atoms with Gasteiger partial charge in [-0.1, -0.05) is 24.4 Å². The molecule has 0 atom stereocenters. The van der Waals surface area contributed by atoms with Crippen molar-refractivity contribution in [1.82, 2.24) is 0 Å². The van der Waals surface area contributed by atoms with Crippen LogP contribution in [0, 0.1) is 5.92 Å². The molecule has 0 aromatic carbocycles. The zero-order valence-corrected chi connectivity index (χ0v) is 6.60. The molecule has 0 N–H and O–H groups in total. The molecule has 1 fully saturated rings. The Hall–Kier alpha value is -0.300. The van der Waals surface area contributed by atoms with E-state index in [1.165, 1.54) is 18.9 Å². The molecular formula is C8H11ClO. The highest BCUT2D eigenvalue weighted by atomic mass is 35.5. The number of carbonyl (C=O) groups is 1. The van der Waals surface area contributed by atoms with Gasteiger partial charge in [0.05, 0.1) is 0 Å². The minimum Gasteiger partial charge on any atom is -0.299 e. The van der Waals surface area contributed by atoms with Gasteiger partial charge in [-0.05, 0) is 24.8 Å². The van der Waals surface area contributed by atoms with E-state index >= 15 is 0 Å². The van der Waals surface area contributed by atoms with Crippen LogP contribution < -0.4 is 0 Å². The molecule has 0 aromatic heterocycles. The van der Waals surface area contributed by atoms with Gasteiger partial charge in [-0.15, -0.1) is 0 Å². The molecule has 1 saturated carbocycles. The Bertz CT molecular complexity index is 145. The van der Waals surface area contributed by atoms with Crippen LogP contribution in [0.1, 0.15) is 25.7 Å². The maximum atomic E-state index is 10.0. The van der Waals surface area contributed by atoms with Crippen molar-refractivity contribution in [1.29, 1.82) is 0 Å². The fourth-order valence-electron chi connectivity index (χ4n) is 1.40. The first-order valence-corrected chi connectivity index (χ1v) is 4.03. The molecule has 2 heteroatoms. The molecule has 1 aliphatic rings. The van der Waals surface area contributed by atoms with Gasteiger partial charge in [0.2, 0.25) is 0 Å². The van der Waals surface area contributed by atoms with E-state index in [4.69, 9.17) is 11.6 Å². The zero-order valence-electron chi connectivity index (χ0n) is 5.85. The molecule has 10 heavy (non-hydrogen) atoms. The maximum absolute atomic E-state index is 10.0. The van der Waals surface area contributed by atoms with Gasteiger partial charge in [0, 0.05) is 5.03 Å². The van der Waals surface area contributed by atoms with Crippen LogP contribution in [0.25, 0.3) is 0 Å². The molecule has 0 aromatic rings. The monoisotopic (exact) mass is 158 g/mol. The molecule has 0 saturated heterocycles. The van der Waals surface area contributed by atoms with Crippen molar-refractivity contribution >= 4 is 17.9 Å². The fraction of sp³-hybridized carbons (Fsp3) is 0.625. The van der Waals surface area contributed by atoms with Crippen LogP contribution in [-0.4, -0.2) is 6.29 Å².